The summed E-state index contributed by atoms with van der Waals surface area (Å²) in [5, 5.41) is 0. The van der Waals surface area contributed by atoms with Gasteiger partial charge in [-0.3, -0.25) is 4.57 Å². The molecule has 0 atom stereocenters. The molecule has 0 amide bonds. The van der Waals surface area contributed by atoms with E-state index < -0.39 is 0 Å². The molecule has 1 aliphatic rings. The highest BCUT2D eigenvalue weighted by atomic mass is 16.5. The van der Waals surface area contributed by atoms with Gasteiger partial charge in [0.2, 0.25) is 0 Å². The Morgan fingerprint density at radius 2 is 2.31 bits per heavy atom. The summed E-state index contributed by atoms with van der Waals surface area (Å²) in [7, 11) is 1.74. The van der Waals surface area contributed by atoms with Crippen LogP contribution in [0.5, 0.6) is 0 Å². The van der Waals surface area contributed by atoms with E-state index in [9.17, 15) is 4.79 Å². The van der Waals surface area contributed by atoms with Gasteiger partial charge in [0, 0.05) is 19.4 Å². The van der Waals surface area contributed by atoms with Gasteiger partial charge in [0.05, 0.1) is 6.61 Å². The monoisotopic (exact) mass is 182 g/mol. The second-order valence-electron chi connectivity index (χ2n) is 3.60. The first-order valence-electron chi connectivity index (χ1n) is 4.57. The molecule has 1 aromatic rings. The molecule has 0 aromatic carbocycles. The molecule has 72 valence electrons. The number of hydrogen-bond donors (Lipinski definition) is 0. The average molecular weight is 182 g/mol. The number of nitrogens with zero attached hydrogens (tertiary/aromatic N) is 2. The fourth-order valence-corrected chi connectivity index (χ4v) is 1.21. The summed E-state index contributed by atoms with van der Waals surface area (Å²) < 4.78 is 8.50. The van der Waals surface area contributed by atoms with E-state index >= 15 is 0 Å². The summed E-state index contributed by atoms with van der Waals surface area (Å²) >= 11 is 0. The molecule has 0 radical (unpaired) electrons. The zero-order valence-corrected chi connectivity index (χ0v) is 7.77. The van der Waals surface area contributed by atoms with Crippen LogP contribution < -0.4 is 5.69 Å². The van der Waals surface area contributed by atoms with Gasteiger partial charge in [-0.1, -0.05) is 0 Å². The van der Waals surface area contributed by atoms with Crippen LogP contribution in [0.15, 0.2) is 17.2 Å². The van der Waals surface area contributed by atoms with Gasteiger partial charge < -0.3 is 9.30 Å². The van der Waals surface area contributed by atoms with Crippen molar-refractivity contribution < 1.29 is 4.74 Å². The average Bonchev–Trinajstić information content (AvgIpc) is 2.88. The summed E-state index contributed by atoms with van der Waals surface area (Å²) in [4.78, 5) is 11.3. The largest absolute Gasteiger partial charge is 0.360 e. The fraction of sp³-hybridized carbons (Fsp3) is 0.667. The maximum Gasteiger partial charge on any atom is 0.329 e. The molecule has 1 fully saturated rings. The summed E-state index contributed by atoms with van der Waals surface area (Å²) in [5.41, 5.74) is -0.0178. The van der Waals surface area contributed by atoms with Gasteiger partial charge in [0.15, 0.2) is 0 Å². The highest BCUT2D eigenvalue weighted by molar-refractivity contribution is 4.78. The number of aromatic nitrogens is 2. The zero-order chi connectivity index (χ0) is 9.26. The van der Waals surface area contributed by atoms with Crippen molar-refractivity contribution in [1.82, 2.24) is 9.13 Å². The lowest BCUT2D eigenvalue weighted by Gasteiger charge is -2.02. The third kappa shape index (κ3) is 2.01. The van der Waals surface area contributed by atoms with E-state index in [-0.39, 0.29) is 5.69 Å². The van der Waals surface area contributed by atoms with Gasteiger partial charge in [0.25, 0.3) is 0 Å². The molecule has 0 N–H and O–H groups in total. The number of imidazole rings is 1. The first kappa shape index (κ1) is 8.56. The summed E-state index contributed by atoms with van der Waals surface area (Å²) in [5.74, 6) is 0.749. The Morgan fingerprint density at radius 3 is 2.85 bits per heavy atom. The summed E-state index contributed by atoms with van der Waals surface area (Å²) in [6, 6.07) is 0. The lowest BCUT2D eigenvalue weighted by atomic mass is 10.5. The molecule has 0 unspecified atom stereocenters. The van der Waals surface area contributed by atoms with E-state index in [4.69, 9.17) is 4.74 Å². The van der Waals surface area contributed by atoms with Gasteiger partial charge in [-0.2, -0.15) is 0 Å². The van der Waals surface area contributed by atoms with Crippen molar-refractivity contribution in [2.45, 2.75) is 19.6 Å². The molecule has 1 aromatic heterocycles. The third-order valence-electron chi connectivity index (χ3n) is 2.30. The minimum atomic E-state index is -0.0178. The maximum absolute atomic E-state index is 11.3. The Hall–Kier alpha value is -1.03. The van der Waals surface area contributed by atoms with E-state index in [1.54, 1.807) is 28.6 Å². The van der Waals surface area contributed by atoms with Gasteiger partial charge in [0.1, 0.15) is 6.73 Å². The van der Waals surface area contributed by atoms with E-state index in [1.165, 1.54) is 12.8 Å². The minimum absolute atomic E-state index is 0.0178. The first-order valence-corrected chi connectivity index (χ1v) is 4.57. The number of rotatable bonds is 4. The van der Waals surface area contributed by atoms with Crippen molar-refractivity contribution in [3.05, 3.63) is 22.9 Å². The van der Waals surface area contributed by atoms with Gasteiger partial charge >= 0.3 is 5.69 Å². The van der Waals surface area contributed by atoms with Crippen molar-refractivity contribution in [3.63, 3.8) is 0 Å². The van der Waals surface area contributed by atoms with Crippen LogP contribution in [0.4, 0.5) is 0 Å². The molecular formula is C9H14N2O2. The Morgan fingerprint density at radius 1 is 1.54 bits per heavy atom. The second kappa shape index (κ2) is 3.38. The predicted molar refractivity (Wildman–Crippen MR) is 48.3 cm³/mol. The van der Waals surface area contributed by atoms with Crippen molar-refractivity contribution >= 4 is 0 Å². The topological polar surface area (TPSA) is 36.2 Å². The highest BCUT2D eigenvalue weighted by Gasteiger charge is 2.21. The lowest BCUT2D eigenvalue weighted by molar-refractivity contribution is 0.0666. The van der Waals surface area contributed by atoms with Crippen LogP contribution in [-0.4, -0.2) is 15.7 Å². The maximum atomic E-state index is 11.3. The molecule has 1 saturated carbocycles. The zero-order valence-electron chi connectivity index (χ0n) is 7.77. The van der Waals surface area contributed by atoms with Crippen molar-refractivity contribution in [2.75, 3.05) is 6.61 Å². The van der Waals surface area contributed by atoms with Crippen molar-refractivity contribution in [3.8, 4) is 0 Å². The molecule has 0 aliphatic heterocycles. The molecule has 0 spiro atoms. The molecule has 13 heavy (non-hydrogen) atoms. The standard InChI is InChI=1S/C9H14N2O2/c1-10-4-5-11(9(10)12)7-13-6-8-2-3-8/h4-5,8H,2-3,6-7H2,1H3. The predicted octanol–water partition coefficient (Wildman–Crippen LogP) is 0.571. The summed E-state index contributed by atoms with van der Waals surface area (Å²) in [6.45, 7) is 1.18. The van der Waals surface area contributed by atoms with Crippen LogP contribution in [0.2, 0.25) is 0 Å². The van der Waals surface area contributed by atoms with E-state index in [2.05, 4.69) is 0 Å². The number of hydrogen-bond acceptors (Lipinski definition) is 2. The van der Waals surface area contributed by atoms with E-state index in [1.807, 2.05) is 0 Å². The smallest absolute Gasteiger partial charge is 0.329 e. The van der Waals surface area contributed by atoms with Gasteiger partial charge in [-0.25, -0.2) is 4.79 Å². The van der Waals surface area contributed by atoms with Crippen LogP contribution in [0.3, 0.4) is 0 Å². The van der Waals surface area contributed by atoms with E-state index in [0.717, 1.165) is 12.5 Å². The molecular weight excluding hydrogens is 168 g/mol. The first-order chi connectivity index (χ1) is 6.27. The Balaban J connectivity index is 1.86. The summed E-state index contributed by atoms with van der Waals surface area (Å²) in [6.07, 6.45) is 6.05. The Bertz CT molecular complexity index is 336. The molecule has 4 nitrogen and oxygen atoms in total. The van der Waals surface area contributed by atoms with Crippen molar-refractivity contribution in [2.24, 2.45) is 13.0 Å². The minimum Gasteiger partial charge on any atom is -0.360 e. The van der Waals surface area contributed by atoms with Crippen LogP contribution >= 0.6 is 0 Å². The van der Waals surface area contributed by atoms with Gasteiger partial charge in [-0.15, -0.1) is 0 Å². The number of aryl methyl sites for hydroxylation is 1. The van der Waals surface area contributed by atoms with Gasteiger partial charge in [-0.05, 0) is 18.8 Å². The lowest BCUT2D eigenvalue weighted by Crippen LogP contribution is -2.23. The SMILES string of the molecule is Cn1ccn(COCC2CC2)c1=O. The highest BCUT2D eigenvalue weighted by Crippen LogP contribution is 2.28. The van der Waals surface area contributed by atoms with Crippen LogP contribution in [0.1, 0.15) is 12.8 Å². The molecule has 0 bridgehead atoms. The van der Waals surface area contributed by atoms with Crippen LogP contribution in [0.25, 0.3) is 0 Å². The second-order valence-corrected chi connectivity index (χ2v) is 3.60. The van der Waals surface area contributed by atoms with Crippen molar-refractivity contribution in [1.29, 1.82) is 0 Å². The quantitative estimate of drug-likeness (QED) is 0.682. The molecule has 0 saturated heterocycles. The Labute approximate surface area is 76.7 Å². The fourth-order valence-electron chi connectivity index (χ4n) is 1.21. The van der Waals surface area contributed by atoms with E-state index in [0.29, 0.717) is 6.73 Å². The molecule has 4 heteroatoms. The number of ether oxygens (including phenoxy) is 1. The Kier molecular flexibility index (Phi) is 2.22. The third-order valence-corrected chi connectivity index (χ3v) is 2.30. The normalized spacial score (nSPS) is 16.4. The van der Waals surface area contributed by atoms with Crippen LogP contribution in [-0.2, 0) is 18.5 Å². The van der Waals surface area contributed by atoms with Crippen LogP contribution in [0, 0.1) is 5.92 Å². The molecule has 1 heterocycles. The molecule has 1 aliphatic carbocycles. The molecule has 2 rings (SSSR count).